The quantitative estimate of drug-likeness (QED) is 0.437. The van der Waals surface area contributed by atoms with Gasteiger partial charge in [0.2, 0.25) is 0 Å². The zero-order valence-electron chi connectivity index (χ0n) is 12.4. The number of Topliss-reactive ketones (excluding diaryl/α,β-unsaturated/α-hetero) is 1. The molecule has 2 aromatic carbocycles. The number of H-pyrrole nitrogens is 1. The van der Waals surface area contributed by atoms with E-state index < -0.39 is 0 Å². The first-order valence-corrected chi connectivity index (χ1v) is 7.98. The van der Waals surface area contributed by atoms with Gasteiger partial charge in [0, 0.05) is 22.7 Å². The van der Waals surface area contributed by atoms with Crippen molar-refractivity contribution in [3.8, 4) is 5.75 Å². The molecule has 23 heavy (non-hydrogen) atoms. The molecule has 0 bridgehead atoms. The number of ketones is 1. The van der Waals surface area contributed by atoms with Gasteiger partial charge >= 0.3 is 0 Å². The van der Waals surface area contributed by atoms with Crippen LogP contribution in [0.25, 0.3) is 10.8 Å². The monoisotopic (exact) mass is 326 g/mol. The molecule has 1 heterocycles. The van der Waals surface area contributed by atoms with Gasteiger partial charge in [-0.15, -0.1) is 0 Å². The number of thioether (sulfide) groups is 1. The molecule has 0 saturated heterocycles. The lowest BCUT2D eigenvalue weighted by atomic mass is 10.0. The number of aromatic amines is 1. The number of phenolic OH excluding ortho intramolecular Hbond substituents is 1. The van der Waals surface area contributed by atoms with Gasteiger partial charge in [-0.05, 0) is 24.4 Å². The fraction of sp³-hybridized carbons (Fsp3) is 0.118. The third kappa shape index (κ3) is 3.27. The summed E-state index contributed by atoms with van der Waals surface area (Å²) in [5, 5.41) is 11.7. The average molecular weight is 326 g/mol. The van der Waals surface area contributed by atoms with Gasteiger partial charge in [-0.25, -0.2) is 4.98 Å². The first kappa shape index (κ1) is 15.3. The molecule has 0 atom stereocenters. The summed E-state index contributed by atoms with van der Waals surface area (Å²) in [7, 11) is 0. The predicted molar refractivity (Wildman–Crippen MR) is 90.3 cm³/mol. The lowest BCUT2D eigenvalue weighted by Crippen LogP contribution is -2.10. The van der Waals surface area contributed by atoms with E-state index in [1.165, 1.54) is 23.9 Å². The van der Waals surface area contributed by atoms with Crippen LogP contribution >= 0.6 is 11.8 Å². The molecule has 1 aromatic heterocycles. The molecule has 0 saturated carbocycles. The smallest absolute Gasteiger partial charge is 0.251 e. The second-order valence-electron chi connectivity index (χ2n) is 5.08. The van der Waals surface area contributed by atoms with Crippen LogP contribution in [-0.4, -0.2) is 26.6 Å². The summed E-state index contributed by atoms with van der Waals surface area (Å²) < 4.78 is 0. The van der Waals surface area contributed by atoms with Crippen LogP contribution in [0.4, 0.5) is 0 Å². The number of hydrogen-bond acceptors (Lipinski definition) is 5. The zero-order chi connectivity index (χ0) is 16.4. The normalized spacial score (nSPS) is 10.8. The maximum absolute atomic E-state index is 12.5. The summed E-state index contributed by atoms with van der Waals surface area (Å²) in [4.78, 5) is 30.7. The Labute approximate surface area is 136 Å². The molecule has 0 fully saturated rings. The lowest BCUT2D eigenvalue weighted by molar-refractivity contribution is 0.102. The number of nitrogens with one attached hydrogen (secondary N) is 1. The number of nitrogens with zero attached hydrogens (tertiary/aromatic N) is 1. The van der Waals surface area contributed by atoms with Gasteiger partial charge in [-0.3, -0.25) is 9.59 Å². The number of aromatic nitrogens is 2. The molecule has 0 radical (unpaired) electrons. The van der Waals surface area contributed by atoms with Gasteiger partial charge in [0.15, 0.2) is 10.9 Å². The lowest BCUT2D eigenvalue weighted by Gasteiger charge is -2.07. The minimum absolute atomic E-state index is 0.0876. The van der Waals surface area contributed by atoms with Gasteiger partial charge in [-0.2, -0.15) is 0 Å². The molecule has 0 aliphatic rings. The number of phenols is 1. The van der Waals surface area contributed by atoms with Crippen molar-refractivity contribution in [3.05, 3.63) is 64.1 Å². The maximum atomic E-state index is 12.5. The van der Waals surface area contributed by atoms with Crippen molar-refractivity contribution in [1.29, 1.82) is 0 Å². The van der Waals surface area contributed by atoms with Gasteiger partial charge < -0.3 is 10.1 Å². The van der Waals surface area contributed by atoms with Crippen LogP contribution in [-0.2, 0) is 0 Å². The Morgan fingerprint density at radius 1 is 1.22 bits per heavy atom. The van der Waals surface area contributed by atoms with Gasteiger partial charge in [0.05, 0.1) is 5.75 Å². The second-order valence-corrected chi connectivity index (χ2v) is 6.05. The van der Waals surface area contributed by atoms with E-state index in [0.717, 1.165) is 0 Å². The fourth-order valence-electron chi connectivity index (χ4n) is 2.36. The Morgan fingerprint density at radius 2 is 1.96 bits per heavy atom. The van der Waals surface area contributed by atoms with E-state index in [-0.39, 0.29) is 22.8 Å². The number of rotatable bonds is 4. The van der Waals surface area contributed by atoms with E-state index in [9.17, 15) is 14.7 Å². The number of aromatic hydroxyl groups is 1. The summed E-state index contributed by atoms with van der Waals surface area (Å²) in [6.45, 7) is 1.73. The first-order valence-electron chi connectivity index (χ1n) is 6.99. The largest absolute Gasteiger partial charge is 0.507 e. The van der Waals surface area contributed by atoms with Crippen LogP contribution in [0, 0.1) is 6.92 Å². The molecular weight excluding hydrogens is 312 g/mol. The molecule has 0 aliphatic carbocycles. The first-order chi connectivity index (χ1) is 11.0. The Hall–Kier alpha value is -2.60. The Kier molecular flexibility index (Phi) is 4.16. The molecule has 6 heteroatoms. The van der Waals surface area contributed by atoms with Gasteiger partial charge in [0.1, 0.15) is 5.75 Å². The Morgan fingerprint density at radius 3 is 2.70 bits per heavy atom. The molecule has 0 aliphatic heterocycles. The average Bonchev–Trinajstić information content (AvgIpc) is 2.52. The highest BCUT2D eigenvalue weighted by Gasteiger charge is 2.13. The van der Waals surface area contributed by atoms with E-state index >= 15 is 0 Å². The third-order valence-electron chi connectivity index (χ3n) is 3.39. The predicted octanol–water partition coefficient (Wildman–Crippen LogP) is 2.91. The number of hydrogen-bond donors (Lipinski definition) is 2. The molecular formula is C17H14N2O3S. The van der Waals surface area contributed by atoms with Crippen molar-refractivity contribution in [2.75, 3.05) is 5.75 Å². The number of benzene rings is 2. The Balaban J connectivity index is 1.87. The summed E-state index contributed by atoms with van der Waals surface area (Å²) in [6, 6.07) is 11.8. The molecule has 3 rings (SSSR count). The minimum atomic E-state index is -0.234. The number of aryl methyl sites for hydroxylation is 1. The van der Waals surface area contributed by atoms with Crippen LogP contribution < -0.4 is 5.56 Å². The van der Waals surface area contributed by atoms with Crippen LogP contribution in [0.3, 0.4) is 0 Å². The number of carbonyl (C=O) groups is 1. The Bertz CT molecular complexity index is 950. The van der Waals surface area contributed by atoms with E-state index in [1.54, 1.807) is 25.1 Å². The molecule has 3 aromatic rings. The van der Waals surface area contributed by atoms with Crippen LogP contribution in [0.5, 0.6) is 5.75 Å². The van der Waals surface area contributed by atoms with Crippen molar-refractivity contribution in [1.82, 2.24) is 9.97 Å². The summed E-state index contributed by atoms with van der Waals surface area (Å²) >= 11 is 1.19. The summed E-state index contributed by atoms with van der Waals surface area (Å²) in [5.74, 6) is 0.214. The van der Waals surface area contributed by atoms with Gasteiger partial charge in [-0.1, -0.05) is 36.0 Å². The highest BCUT2D eigenvalue weighted by atomic mass is 32.2. The van der Waals surface area contributed by atoms with Crippen LogP contribution in [0.15, 0.2) is 52.4 Å². The van der Waals surface area contributed by atoms with Crippen LogP contribution in [0.1, 0.15) is 16.1 Å². The third-order valence-corrected chi connectivity index (χ3v) is 4.26. The molecule has 0 amide bonds. The zero-order valence-corrected chi connectivity index (χ0v) is 13.2. The number of carbonyl (C=O) groups excluding carboxylic acids is 1. The minimum Gasteiger partial charge on any atom is -0.507 e. The van der Waals surface area contributed by atoms with E-state index in [2.05, 4.69) is 9.97 Å². The van der Waals surface area contributed by atoms with Gasteiger partial charge in [0.25, 0.3) is 5.56 Å². The van der Waals surface area contributed by atoms with Crippen LogP contribution in [0.2, 0.25) is 0 Å². The van der Waals surface area contributed by atoms with Crippen molar-refractivity contribution >= 4 is 28.3 Å². The summed E-state index contributed by atoms with van der Waals surface area (Å²) in [6.07, 6.45) is 0. The van der Waals surface area contributed by atoms with Crippen molar-refractivity contribution < 1.29 is 9.90 Å². The standard InChI is InChI=1S/C17H14N2O3S/c1-10-8-16(22)19-17(18-10)23-9-15(21)13-6-7-14(20)12-5-3-2-4-11(12)13/h2-8,20H,9H2,1H3,(H,18,19,22). The molecule has 5 nitrogen and oxygen atoms in total. The summed E-state index contributed by atoms with van der Waals surface area (Å²) in [5.41, 5.74) is 0.919. The SMILES string of the molecule is Cc1cc(=O)[nH]c(SCC(=O)c2ccc(O)c3ccccc23)n1. The molecule has 2 N–H and O–H groups in total. The highest BCUT2D eigenvalue weighted by molar-refractivity contribution is 7.99. The second kappa shape index (κ2) is 6.26. The van der Waals surface area contributed by atoms with Crippen molar-refractivity contribution in [3.63, 3.8) is 0 Å². The number of fused-ring (bicyclic) bond motifs is 1. The van der Waals surface area contributed by atoms with Crippen molar-refractivity contribution in [2.45, 2.75) is 12.1 Å². The molecule has 0 spiro atoms. The van der Waals surface area contributed by atoms with E-state index in [4.69, 9.17) is 0 Å². The molecule has 0 unspecified atom stereocenters. The maximum Gasteiger partial charge on any atom is 0.251 e. The fourth-order valence-corrected chi connectivity index (χ4v) is 3.16. The van der Waals surface area contributed by atoms with E-state index in [0.29, 0.717) is 27.2 Å². The van der Waals surface area contributed by atoms with E-state index in [1.807, 2.05) is 12.1 Å². The molecule has 116 valence electrons. The van der Waals surface area contributed by atoms with Crippen molar-refractivity contribution in [2.24, 2.45) is 0 Å². The highest BCUT2D eigenvalue weighted by Crippen LogP contribution is 2.28. The topological polar surface area (TPSA) is 83.0 Å².